The molecule has 5 nitrogen and oxygen atoms in total. The van der Waals surface area contributed by atoms with E-state index in [0.717, 1.165) is 31.5 Å². The van der Waals surface area contributed by atoms with E-state index in [1.807, 2.05) is 12.1 Å². The molecule has 2 aliphatic rings. The fourth-order valence-corrected chi connectivity index (χ4v) is 4.65. The maximum Gasteiger partial charge on any atom is 0.176 e. The summed E-state index contributed by atoms with van der Waals surface area (Å²) < 4.78 is 0. The zero-order valence-electron chi connectivity index (χ0n) is 14.7. The molecule has 1 saturated heterocycles. The summed E-state index contributed by atoms with van der Waals surface area (Å²) in [5.41, 5.74) is 1.12. The van der Waals surface area contributed by atoms with Crippen molar-refractivity contribution in [3.05, 3.63) is 59.9 Å². The molecule has 2 heterocycles. The van der Waals surface area contributed by atoms with Crippen molar-refractivity contribution in [2.24, 2.45) is 11.8 Å². The van der Waals surface area contributed by atoms with Gasteiger partial charge in [0.1, 0.15) is 5.75 Å². The van der Waals surface area contributed by atoms with Crippen LogP contribution in [0.25, 0.3) is 0 Å². The van der Waals surface area contributed by atoms with Crippen LogP contribution in [0.1, 0.15) is 28.8 Å². The van der Waals surface area contributed by atoms with Crippen LogP contribution < -0.4 is 0 Å². The summed E-state index contributed by atoms with van der Waals surface area (Å²) in [5, 5.41) is 20.3. The van der Waals surface area contributed by atoms with E-state index in [4.69, 9.17) is 0 Å². The first kappa shape index (κ1) is 17.2. The summed E-state index contributed by atoms with van der Waals surface area (Å²) in [7, 11) is 0. The maximum atomic E-state index is 12.4. The minimum Gasteiger partial charge on any atom is -0.508 e. The lowest BCUT2D eigenvalue weighted by Gasteiger charge is -2.26. The number of benzene rings is 1. The third-order valence-electron chi connectivity index (χ3n) is 5.78. The van der Waals surface area contributed by atoms with Crippen LogP contribution in [0.4, 0.5) is 0 Å². The monoisotopic (exact) mass is 352 g/mol. The van der Waals surface area contributed by atoms with Gasteiger partial charge in [-0.2, -0.15) is 0 Å². The van der Waals surface area contributed by atoms with E-state index in [0.29, 0.717) is 30.4 Å². The van der Waals surface area contributed by atoms with Gasteiger partial charge in [0.2, 0.25) is 0 Å². The topological polar surface area (TPSA) is 73.7 Å². The summed E-state index contributed by atoms with van der Waals surface area (Å²) >= 11 is 0. The van der Waals surface area contributed by atoms with Crippen LogP contribution in [-0.4, -0.2) is 51.1 Å². The van der Waals surface area contributed by atoms with Crippen molar-refractivity contribution < 1.29 is 15.0 Å². The van der Waals surface area contributed by atoms with Gasteiger partial charge in [0.05, 0.1) is 12.1 Å². The fourth-order valence-electron chi connectivity index (χ4n) is 4.65. The lowest BCUT2D eigenvalue weighted by atomic mass is 9.92. The molecule has 0 spiro atoms. The average Bonchev–Trinajstić information content (AvgIpc) is 3.10. The summed E-state index contributed by atoms with van der Waals surface area (Å²) in [6.07, 6.45) is 5.80. The molecule has 1 aliphatic heterocycles. The zero-order valence-corrected chi connectivity index (χ0v) is 14.7. The first-order valence-electron chi connectivity index (χ1n) is 9.17. The van der Waals surface area contributed by atoms with E-state index >= 15 is 0 Å². The second kappa shape index (κ2) is 6.82. The van der Waals surface area contributed by atoms with Crippen LogP contribution in [0, 0.1) is 11.8 Å². The standard InChI is InChI=1S/C21H24N2O3/c24-19-3-1-16(2-4-19)20(25)14-23-12-17-10-21(26,11-18(17)13-23)9-15-5-7-22-8-6-15/h1-8,17-18,24,26H,9-14H2/t17-,18+,21?. The Balaban J connectivity index is 1.33. The largest absolute Gasteiger partial charge is 0.508 e. The highest BCUT2D eigenvalue weighted by Gasteiger charge is 2.48. The minimum atomic E-state index is -0.635. The highest BCUT2D eigenvalue weighted by molar-refractivity contribution is 5.97. The molecule has 5 heteroatoms. The first-order chi connectivity index (χ1) is 12.5. The lowest BCUT2D eigenvalue weighted by Crippen LogP contribution is -2.34. The molecule has 0 amide bonds. The number of ketones is 1. The molecule has 1 aromatic heterocycles. The third-order valence-corrected chi connectivity index (χ3v) is 5.78. The van der Waals surface area contributed by atoms with Gasteiger partial charge in [-0.25, -0.2) is 0 Å². The molecule has 1 aromatic carbocycles. The number of carbonyl (C=O) groups is 1. The van der Waals surface area contributed by atoms with E-state index in [9.17, 15) is 15.0 Å². The number of phenols is 1. The number of carbonyl (C=O) groups excluding carboxylic acids is 1. The van der Waals surface area contributed by atoms with Crippen molar-refractivity contribution in [3.63, 3.8) is 0 Å². The maximum absolute atomic E-state index is 12.4. The van der Waals surface area contributed by atoms with Crippen molar-refractivity contribution in [1.82, 2.24) is 9.88 Å². The Labute approximate surface area is 153 Å². The number of aromatic nitrogens is 1. The molecule has 1 unspecified atom stereocenters. The quantitative estimate of drug-likeness (QED) is 0.808. The van der Waals surface area contributed by atoms with E-state index < -0.39 is 5.60 Å². The van der Waals surface area contributed by atoms with E-state index in [1.54, 1.807) is 36.7 Å². The highest BCUT2D eigenvalue weighted by atomic mass is 16.3. The second-order valence-electron chi connectivity index (χ2n) is 7.85. The van der Waals surface area contributed by atoms with Gasteiger partial charge >= 0.3 is 0 Å². The molecule has 26 heavy (non-hydrogen) atoms. The summed E-state index contributed by atoms with van der Waals surface area (Å²) in [5.74, 6) is 1.16. The zero-order chi connectivity index (χ0) is 18.1. The normalized spacial score (nSPS) is 28.2. The first-order valence-corrected chi connectivity index (χ1v) is 9.17. The molecule has 1 aliphatic carbocycles. The predicted octanol–water partition coefficient (Wildman–Crippen LogP) is 2.29. The smallest absolute Gasteiger partial charge is 0.176 e. The molecule has 0 radical (unpaired) electrons. The number of phenolic OH excluding ortho intramolecular Hbond substituents is 1. The van der Waals surface area contributed by atoms with Crippen LogP contribution in [0.15, 0.2) is 48.8 Å². The number of likely N-dealkylation sites (tertiary alicyclic amines) is 1. The molecule has 136 valence electrons. The van der Waals surface area contributed by atoms with Gasteiger partial charge in [-0.3, -0.25) is 14.7 Å². The number of hydrogen-bond donors (Lipinski definition) is 2. The van der Waals surface area contributed by atoms with E-state index in [-0.39, 0.29) is 11.5 Å². The predicted molar refractivity (Wildman–Crippen MR) is 98.0 cm³/mol. The number of hydrogen-bond acceptors (Lipinski definition) is 5. The number of pyridine rings is 1. The van der Waals surface area contributed by atoms with Crippen molar-refractivity contribution >= 4 is 5.78 Å². The van der Waals surface area contributed by atoms with Gasteiger partial charge in [-0.15, -0.1) is 0 Å². The molecular formula is C21H24N2O3. The van der Waals surface area contributed by atoms with Crippen molar-refractivity contribution in [2.45, 2.75) is 24.9 Å². The number of aromatic hydroxyl groups is 1. The van der Waals surface area contributed by atoms with Crippen molar-refractivity contribution in [1.29, 1.82) is 0 Å². The molecule has 4 rings (SSSR count). The Morgan fingerprint density at radius 3 is 2.31 bits per heavy atom. The molecular weight excluding hydrogens is 328 g/mol. The van der Waals surface area contributed by atoms with Crippen LogP contribution in [0.3, 0.4) is 0 Å². The Kier molecular flexibility index (Phi) is 4.51. The van der Waals surface area contributed by atoms with E-state index in [1.165, 1.54) is 0 Å². The average molecular weight is 352 g/mol. The minimum absolute atomic E-state index is 0.0806. The number of rotatable bonds is 5. The molecule has 2 N–H and O–H groups in total. The lowest BCUT2D eigenvalue weighted by molar-refractivity contribution is 0.0355. The molecule has 2 aromatic rings. The Bertz CT molecular complexity index is 762. The second-order valence-corrected chi connectivity index (χ2v) is 7.85. The van der Waals surface area contributed by atoms with Gasteiger partial charge in [-0.1, -0.05) is 0 Å². The van der Waals surface area contributed by atoms with Crippen LogP contribution in [0.2, 0.25) is 0 Å². The summed E-state index contributed by atoms with van der Waals surface area (Å²) in [4.78, 5) is 18.7. The summed E-state index contributed by atoms with van der Waals surface area (Å²) in [6.45, 7) is 2.14. The third kappa shape index (κ3) is 3.64. The van der Waals surface area contributed by atoms with Crippen molar-refractivity contribution in [3.8, 4) is 5.75 Å². The number of Topliss-reactive ketones (excluding diaryl/α,β-unsaturated/α-hetero) is 1. The van der Waals surface area contributed by atoms with Gasteiger partial charge in [0.25, 0.3) is 0 Å². The molecule has 1 saturated carbocycles. The SMILES string of the molecule is O=C(CN1C[C@@H]2CC(O)(Cc3ccncc3)C[C@@H]2C1)c1ccc(O)cc1. The van der Waals surface area contributed by atoms with Gasteiger partial charge in [0, 0.05) is 37.5 Å². The van der Waals surface area contributed by atoms with Gasteiger partial charge in [-0.05, 0) is 66.6 Å². The Morgan fingerprint density at radius 2 is 1.69 bits per heavy atom. The van der Waals surface area contributed by atoms with Gasteiger partial charge < -0.3 is 10.2 Å². The van der Waals surface area contributed by atoms with Crippen molar-refractivity contribution in [2.75, 3.05) is 19.6 Å². The highest BCUT2D eigenvalue weighted by Crippen LogP contribution is 2.45. The molecule has 2 fully saturated rings. The van der Waals surface area contributed by atoms with Crippen LogP contribution in [-0.2, 0) is 6.42 Å². The Hall–Kier alpha value is -2.24. The summed E-state index contributed by atoms with van der Waals surface area (Å²) in [6, 6.07) is 10.4. The molecule has 3 atom stereocenters. The van der Waals surface area contributed by atoms with Crippen LogP contribution in [0.5, 0.6) is 5.75 Å². The Morgan fingerprint density at radius 1 is 1.08 bits per heavy atom. The fraction of sp³-hybridized carbons (Fsp3) is 0.429. The van der Waals surface area contributed by atoms with Crippen LogP contribution >= 0.6 is 0 Å². The number of fused-ring (bicyclic) bond motifs is 1. The molecule has 0 bridgehead atoms. The number of aliphatic hydroxyl groups is 1. The van der Waals surface area contributed by atoms with Gasteiger partial charge in [0.15, 0.2) is 5.78 Å². The number of nitrogens with zero attached hydrogens (tertiary/aromatic N) is 2. The van der Waals surface area contributed by atoms with E-state index in [2.05, 4.69) is 9.88 Å².